The smallest absolute Gasteiger partial charge is 0.466 e. The lowest BCUT2D eigenvalue weighted by Crippen LogP contribution is -2.29. The third kappa shape index (κ3) is 29.0. The number of esters is 2. The van der Waals surface area contributed by atoms with Crippen molar-refractivity contribution >= 4 is 159 Å². The average molecular weight is 2060 g/mol. The van der Waals surface area contributed by atoms with Crippen LogP contribution >= 0.6 is 82.6 Å². The number of ether oxygens (including phenoxy) is 2. The second-order valence-electron chi connectivity index (χ2n) is 28.5. The number of hydrogen-bond donors (Lipinski definition) is 5. The third-order valence-corrected chi connectivity index (χ3v) is 21.3. The number of nitrogen functional groups attached to an aromatic ring is 1. The van der Waals surface area contributed by atoms with Gasteiger partial charge in [-0.25, -0.2) is 48.1 Å². The molecule has 0 spiro atoms. The molecule has 0 aliphatic heterocycles. The second kappa shape index (κ2) is 49.9. The molecular formula is C92H84BBr3Cl3F3N14O16. The van der Waals surface area contributed by atoms with Crippen LogP contribution in [-0.4, -0.2) is 125 Å². The molecule has 30 nitrogen and oxygen atoms in total. The Hall–Kier alpha value is -12.9. The number of aldehydes is 1. The van der Waals surface area contributed by atoms with Crippen LogP contribution in [0.5, 0.6) is 0 Å². The number of nitrogens with two attached hydrogens (primary N) is 1. The largest absolute Gasteiger partial charge is 0.488 e. The van der Waals surface area contributed by atoms with Gasteiger partial charge in [0.2, 0.25) is 0 Å². The summed E-state index contributed by atoms with van der Waals surface area (Å²) in [4.78, 5) is 145. The summed E-state index contributed by atoms with van der Waals surface area (Å²) < 4.78 is 58.2. The Bertz CT molecular complexity index is 7180. The molecule has 0 amide bonds. The molecule has 0 atom stereocenters. The molecule has 40 heteroatoms. The minimum Gasteiger partial charge on any atom is -0.466 e. The van der Waals surface area contributed by atoms with Gasteiger partial charge < -0.3 is 35.5 Å². The van der Waals surface area contributed by atoms with Gasteiger partial charge in [-0.05, 0) is 238 Å². The van der Waals surface area contributed by atoms with Crippen molar-refractivity contribution < 1.29 is 62.1 Å². The van der Waals surface area contributed by atoms with Gasteiger partial charge in [0.1, 0.15) is 95.0 Å². The molecule has 684 valence electrons. The summed E-state index contributed by atoms with van der Waals surface area (Å²) in [5.41, 5.74) is 17.5. The molecule has 3 aromatic carbocycles. The predicted molar refractivity (Wildman–Crippen MR) is 509 cm³/mol. The number of hydrogen-bond acceptors (Lipinski definition) is 24. The van der Waals surface area contributed by atoms with Gasteiger partial charge in [0.05, 0.1) is 71.4 Å². The number of rotatable bonds is 14. The first-order valence-electron chi connectivity index (χ1n) is 39.4. The Balaban J connectivity index is 0.000000186. The minimum atomic E-state index is -1.59. The maximum atomic E-state index is 13.4. The number of benzene rings is 3. The lowest BCUT2D eigenvalue weighted by atomic mass is 9.80. The summed E-state index contributed by atoms with van der Waals surface area (Å²) >= 11 is 26.0. The molecule has 0 fully saturated rings. The summed E-state index contributed by atoms with van der Waals surface area (Å²) in [5, 5.41) is 35.6. The van der Waals surface area contributed by atoms with Crippen molar-refractivity contribution in [3.05, 3.63) is 373 Å². The van der Waals surface area contributed by atoms with Gasteiger partial charge in [-0.15, -0.1) is 34.8 Å². The van der Waals surface area contributed by atoms with Crippen LogP contribution in [0.25, 0.3) is 56.1 Å². The molecule has 16 rings (SSSR count). The molecule has 132 heavy (non-hydrogen) atoms. The van der Waals surface area contributed by atoms with Crippen molar-refractivity contribution in [3.8, 4) is 22.3 Å². The number of aliphatic hydroxyl groups is 2. The van der Waals surface area contributed by atoms with Crippen LogP contribution in [0.15, 0.2) is 249 Å². The van der Waals surface area contributed by atoms with E-state index in [1.807, 2.05) is 90.9 Å². The van der Waals surface area contributed by atoms with Gasteiger partial charge in [-0.1, -0.05) is 78.9 Å². The zero-order valence-corrected chi connectivity index (χ0v) is 78.9. The quantitative estimate of drug-likeness (QED) is 0.0222. The van der Waals surface area contributed by atoms with E-state index in [1.54, 1.807) is 105 Å². The van der Waals surface area contributed by atoms with Crippen LogP contribution in [0.2, 0.25) is 0 Å². The van der Waals surface area contributed by atoms with Gasteiger partial charge in [0.25, 0.3) is 33.4 Å². The normalized spacial score (nSPS) is 10.5. The number of aliphatic hydroxyl groups excluding tert-OH is 2. The molecule has 0 aliphatic rings. The van der Waals surface area contributed by atoms with Gasteiger partial charge in [-0.2, -0.15) is 0 Å². The number of ketones is 1. The highest BCUT2D eigenvalue weighted by molar-refractivity contribution is 9.11. The number of aryl methyl sites for hydroxylation is 7. The average Bonchev–Trinajstić information content (AvgIpc) is 0.733. The molecule has 0 bridgehead atoms. The molecule has 0 saturated heterocycles. The number of aromatic nitrogens is 13. The Kier molecular flexibility index (Phi) is 39.5. The first-order chi connectivity index (χ1) is 62.8. The van der Waals surface area contributed by atoms with Crippen LogP contribution in [0.3, 0.4) is 0 Å². The molecule has 0 aliphatic carbocycles. The van der Waals surface area contributed by atoms with Crippen molar-refractivity contribution in [2.24, 2.45) is 0 Å². The lowest BCUT2D eigenvalue weighted by molar-refractivity contribution is -0.145. The number of Topliss-reactive ketones (excluding diaryl/α,β-unsaturated/α-hetero) is 1. The van der Waals surface area contributed by atoms with E-state index >= 15 is 0 Å². The predicted octanol–water partition coefficient (Wildman–Crippen LogP) is 13.5. The van der Waals surface area contributed by atoms with E-state index in [0.29, 0.717) is 99.9 Å². The first kappa shape index (κ1) is 104. The maximum Gasteiger partial charge on any atom is 0.488 e. The highest BCUT2D eigenvalue weighted by Crippen LogP contribution is 2.24. The van der Waals surface area contributed by atoms with E-state index in [-0.39, 0.29) is 105 Å². The fourth-order valence-electron chi connectivity index (χ4n) is 11.8. The Morgan fingerprint density at radius 1 is 0.462 bits per heavy atom. The highest BCUT2D eigenvalue weighted by atomic mass is 79.9. The summed E-state index contributed by atoms with van der Waals surface area (Å²) in [6.07, 6.45) is 12.3. The van der Waals surface area contributed by atoms with E-state index in [1.165, 1.54) is 94.0 Å². The van der Waals surface area contributed by atoms with Crippen molar-refractivity contribution in [1.29, 1.82) is 0 Å². The van der Waals surface area contributed by atoms with Crippen molar-refractivity contribution in [2.75, 3.05) is 18.2 Å². The van der Waals surface area contributed by atoms with E-state index < -0.39 is 42.1 Å². The zero-order valence-electron chi connectivity index (χ0n) is 71.9. The molecule has 13 aromatic heterocycles. The minimum absolute atomic E-state index is 0.00875. The summed E-state index contributed by atoms with van der Waals surface area (Å²) in [6, 6.07) is 43.3. The number of alkyl halides is 3. The van der Waals surface area contributed by atoms with Crippen molar-refractivity contribution in [2.45, 2.75) is 100 Å². The number of carbonyl (C=O) groups is 4. The van der Waals surface area contributed by atoms with Crippen LogP contribution in [-0.2, 0) is 55.4 Å². The number of fused-ring (bicyclic) bond motifs is 6. The van der Waals surface area contributed by atoms with E-state index in [4.69, 9.17) is 60.4 Å². The maximum absolute atomic E-state index is 13.4. The third-order valence-electron chi connectivity index (χ3n) is 18.0. The van der Waals surface area contributed by atoms with Crippen molar-refractivity contribution in [1.82, 2.24) is 61.3 Å². The summed E-state index contributed by atoms with van der Waals surface area (Å²) in [6.45, 7) is 16.0. The zero-order chi connectivity index (χ0) is 96.9. The fourth-order valence-corrected chi connectivity index (χ4v) is 13.6. The number of nitrogens with zero attached hydrogens (tertiary/aromatic N) is 13. The number of pyridine rings is 7. The Morgan fingerprint density at radius 2 is 0.848 bits per heavy atom. The van der Waals surface area contributed by atoms with Gasteiger partial charge in [0.15, 0.2) is 12.1 Å². The van der Waals surface area contributed by atoms with Gasteiger partial charge in [-0.3, -0.25) is 74.3 Å². The molecule has 16 aromatic rings. The molecule has 6 N–H and O–H groups in total. The fraction of sp³-hybridized carbons (Fsp3) is 0.185. The van der Waals surface area contributed by atoms with Crippen LogP contribution < -0.4 is 44.6 Å². The van der Waals surface area contributed by atoms with E-state index in [9.17, 15) is 66.2 Å². The molecule has 0 unspecified atom stereocenters. The standard InChI is InChI=1S/C16H13FN2O2.C16H11FN2O2.C12H11BrN2O3.C10H8BrClN2O.C10H9BrN2O2.C10H9ClN2O.C6H6BFO2.C6H9ClO3.C6H8N2/c2*1-10-5-6-14-18-13(9-20)15(16(21)19(14)8-10)11-3-2-4-12(17)7-11;1-7-3-4-10-14-9(6-18-8(2)16)11(13)12(17)15(10)5-7;1-6-2-3-8-13-7(4-12)9(11)10(15)14(8)5-6;1-6-2-3-8-12-7(5-14)9(11)10(15)13(8)4-6;1-7-2-3-9-12-8(5-11)4-10(14)13(9)6-7;8-6-3-1-2-5(4-6)7(9)10;1-2-10-6(9)3-5(8)4-7;1-5-2-3-6(7)8-4-5/h2-8,20H,9H2,1H3;2-9H,1H3;3-5H,6H2,1-2H3;2-3,5H,4H2,1H3;2-4,14H,5H2,1H3;2-4,6H,5H2,1H3;1-4,9-10H;2-4H2,1H3;2-4H,1H3,(H2,7,8). The Morgan fingerprint density at radius 3 is 1.23 bits per heavy atom. The lowest BCUT2D eigenvalue weighted by Gasteiger charge is -2.10. The molecule has 0 saturated carbocycles. The highest BCUT2D eigenvalue weighted by Gasteiger charge is 2.20. The van der Waals surface area contributed by atoms with Gasteiger partial charge >= 0.3 is 19.1 Å². The molecular weight excluding hydrogens is 1970 g/mol. The van der Waals surface area contributed by atoms with E-state index in [0.717, 1.165) is 45.0 Å². The number of carbonyl (C=O) groups excluding carboxylic acids is 4. The Labute approximate surface area is 790 Å². The van der Waals surface area contributed by atoms with E-state index in [2.05, 4.69) is 87.4 Å². The molecule has 0 radical (unpaired) electrons. The second-order valence-corrected chi connectivity index (χ2v) is 31.7. The first-order valence-corrected chi connectivity index (χ1v) is 43.4. The number of anilines is 1. The molecule has 13 heterocycles. The topological polar surface area (TPSA) is 413 Å². The summed E-state index contributed by atoms with van der Waals surface area (Å²) in [5.74, 6) is -1.66. The van der Waals surface area contributed by atoms with Crippen molar-refractivity contribution in [3.63, 3.8) is 0 Å². The van der Waals surface area contributed by atoms with Crippen LogP contribution in [0, 0.1) is 65.9 Å². The number of halogens is 9. The van der Waals surface area contributed by atoms with Crippen LogP contribution in [0.1, 0.15) is 98.2 Å². The SMILES string of the molecule is CC(=O)OCc1nc2ccc(C)cn2c(=O)c1Br.CCOC(=O)CC(=O)CCl.Cc1ccc(N)nc1.Cc1ccc2nc(C=O)c(-c3cccc(F)c3)c(=O)n2c1.Cc1ccc2nc(CCl)c(Br)c(=O)n2c1.Cc1ccc2nc(CCl)cc(=O)n2c1.Cc1ccc2nc(CO)c(-c3cccc(F)c3)c(=O)n2c1.Cc1ccc2nc(CO)c(Br)c(=O)n2c1.OB(O)c1cccc(F)c1. The monoisotopic (exact) mass is 2050 g/mol. The van der Waals surface area contributed by atoms with Crippen LogP contribution in [0.4, 0.5) is 19.0 Å². The van der Waals surface area contributed by atoms with Gasteiger partial charge in [0, 0.05) is 56.4 Å². The summed E-state index contributed by atoms with van der Waals surface area (Å²) in [7, 11) is -1.59.